The van der Waals surface area contributed by atoms with Crippen molar-refractivity contribution in [3.63, 3.8) is 0 Å². The minimum atomic E-state index is -0.410. The Morgan fingerprint density at radius 3 is 2.58 bits per heavy atom. The molecule has 1 N–H and O–H groups in total. The number of fused-ring (bicyclic) bond motifs is 1. The highest BCUT2D eigenvalue weighted by Crippen LogP contribution is 2.25. The van der Waals surface area contributed by atoms with E-state index < -0.39 is 5.91 Å². The molecule has 0 unspecified atom stereocenters. The fourth-order valence-corrected chi connectivity index (χ4v) is 3.74. The maximum absolute atomic E-state index is 12.8. The summed E-state index contributed by atoms with van der Waals surface area (Å²) in [6.07, 6.45) is 3.67. The summed E-state index contributed by atoms with van der Waals surface area (Å²) in [5.41, 5.74) is 6.05. The van der Waals surface area contributed by atoms with E-state index in [1.165, 1.54) is 11.1 Å². The van der Waals surface area contributed by atoms with Crippen molar-refractivity contribution in [3.8, 4) is 6.07 Å². The number of hydrogen-bond acceptors (Lipinski definition) is 2. The molecule has 0 bridgehead atoms. The normalized spacial score (nSPS) is 11.3. The van der Waals surface area contributed by atoms with Crippen LogP contribution in [0.15, 0.2) is 84.6 Å². The average Bonchev–Trinajstić information content (AvgIpc) is 3.11. The SMILES string of the molecule is Cc1cccc(Cn2cc(/C=C(/C#N)C(=O)Nc3ccccc3C)c3ccccc32)c1. The average molecular weight is 406 g/mol. The van der Waals surface area contributed by atoms with Crippen molar-refractivity contribution in [3.05, 3.63) is 107 Å². The van der Waals surface area contributed by atoms with Crippen molar-refractivity contribution in [1.82, 2.24) is 4.57 Å². The molecular formula is C27H23N3O. The van der Waals surface area contributed by atoms with E-state index in [-0.39, 0.29) is 5.57 Å². The second-order valence-corrected chi connectivity index (χ2v) is 7.66. The number of para-hydroxylation sites is 2. The van der Waals surface area contributed by atoms with Crippen LogP contribution in [0.4, 0.5) is 5.69 Å². The van der Waals surface area contributed by atoms with E-state index in [1.807, 2.05) is 55.6 Å². The Labute approximate surface area is 182 Å². The first-order valence-electron chi connectivity index (χ1n) is 10.2. The Morgan fingerprint density at radius 1 is 1.03 bits per heavy atom. The fourth-order valence-electron chi connectivity index (χ4n) is 3.74. The molecule has 4 rings (SSSR count). The van der Waals surface area contributed by atoms with Crippen molar-refractivity contribution in [2.75, 3.05) is 5.32 Å². The van der Waals surface area contributed by atoms with E-state index in [2.05, 4.69) is 53.2 Å². The van der Waals surface area contributed by atoms with Crippen molar-refractivity contribution < 1.29 is 4.79 Å². The lowest BCUT2D eigenvalue weighted by atomic mass is 10.1. The first kappa shape index (κ1) is 20.2. The molecule has 31 heavy (non-hydrogen) atoms. The number of carbonyl (C=O) groups excluding carboxylic acids is 1. The fraction of sp³-hybridized carbons (Fsp3) is 0.111. The summed E-state index contributed by atoms with van der Waals surface area (Å²) in [5, 5.41) is 13.5. The topological polar surface area (TPSA) is 57.8 Å². The largest absolute Gasteiger partial charge is 0.342 e. The zero-order valence-corrected chi connectivity index (χ0v) is 17.6. The number of carbonyl (C=O) groups is 1. The van der Waals surface area contributed by atoms with Crippen molar-refractivity contribution in [1.29, 1.82) is 5.26 Å². The third-order valence-corrected chi connectivity index (χ3v) is 5.31. The Hall–Kier alpha value is -4.10. The number of aromatic nitrogens is 1. The molecule has 0 spiro atoms. The molecule has 4 heteroatoms. The molecule has 0 saturated carbocycles. The Balaban J connectivity index is 1.69. The van der Waals surface area contributed by atoms with Gasteiger partial charge < -0.3 is 9.88 Å². The third-order valence-electron chi connectivity index (χ3n) is 5.31. The van der Waals surface area contributed by atoms with Gasteiger partial charge in [-0.1, -0.05) is 66.2 Å². The van der Waals surface area contributed by atoms with Gasteiger partial charge in [-0.05, 0) is 43.2 Å². The van der Waals surface area contributed by atoms with Crippen LogP contribution in [0, 0.1) is 25.2 Å². The zero-order valence-electron chi connectivity index (χ0n) is 17.6. The number of rotatable bonds is 5. The highest BCUT2D eigenvalue weighted by atomic mass is 16.1. The molecule has 0 aliphatic carbocycles. The molecule has 4 nitrogen and oxygen atoms in total. The van der Waals surface area contributed by atoms with Crippen LogP contribution >= 0.6 is 0 Å². The van der Waals surface area contributed by atoms with Crippen LogP contribution in [-0.2, 0) is 11.3 Å². The number of nitrogens with zero attached hydrogens (tertiary/aromatic N) is 2. The standard InChI is InChI=1S/C27H23N3O/c1-19-8-7-10-21(14-19)17-30-18-23(24-11-4-6-13-26(24)30)15-22(16-28)27(31)29-25-12-5-3-9-20(25)2/h3-15,18H,17H2,1-2H3,(H,29,31)/b22-15-. The molecule has 4 aromatic rings. The molecule has 0 aliphatic rings. The van der Waals surface area contributed by atoms with Gasteiger partial charge in [0.25, 0.3) is 5.91 Å². The molecule has 0 saturated heterocycles. The lowest BCUT2D eigenvalue weighted by Gasteiger charge is -2.07. The van der Waals surface area contributed by atoms with Crippen molar-refractivity contribution in [2.24, 2.45) is 0 Å². The summed E-state index contributed by atoms with van der Waals surface area (Å²) in [7, 11) is 0. The number of anilines is 1. The zero-order chi connectivity index (χ0) is 21.8. The van der Waals surface area contributed by atoms with Crippen LogP contribution in [0.3, 0.4) is 0 Å². The monoisotopic (exact) mass is 405 g/mol. The first-order valence-corrected chi connectivity index (χ1v) is 10.2. The van der Waals surface area contributed by atoms with Crippen LogP contribution < -0.4 is 5.32 Å². The Morgan fingerprint density at radius 2 is 1.81 bits per heavy atom. The quantitative estimate of drug-likeness (QED) is 0.334. The van der Waals surface area contributed by atoms with Gasteiger partial charge >= 0.3 is 0 Å². The predicted octanol–water partition coefficient (Wildman–Crippen LogP) is 5.85. The predicted molar refractivity (Wildman–Crippen MR) is 126 cm³/mol. The van der Waals surface area contributed by atoms with Crippen LogP contribution in [0.25, 0.3) is 17.0 Å². The molecule has 0 fully saturated rings. The van der Waals surface area contributed by atoms with E-state index in [1.54, 1.807) is 6.08 Å². The summed E-state index contributed by atoms with van der Waals surface area (Å²) in [6.45, 7) is 4.72. The van der Waals surface area contributed by atoms with Crippen molar-refractivity contribution >= 4 is 28.6 Å². The van der Waals surface area contributed by atoms with Gasteiger partial charge in [-0.15, -0.1) is 0 Å². The molecule has 1 amide bonds. The van der Waals surface area contributed by atoms with Gasteiger partial charge in [0.2, 0.25) is 0 Å². The van der Waals surface area contributed by atoms with Gasteiger partial charge in [0, 0.05) is 34.9 Å². The highest BCUT2D eigenvalue weighted by molar-refractivity contribution is 6.11. The maximum atomic E-state index is 12.8. The van der Waals surface area contributed by atoms with E-state index in [0.717, 1.165) is 22.0 Å². The maximum Gasteiger partial charge on any atom is 0.266 e. The lowest BCUT2D eigenvalue weighted by Crippen LogP contribution is -2.14. The minimum Gasteiger partial charge on any atom is -0.342 e. The smallest absolute Gasteiger partial charge is 0.266 e. The van der Waals surface area contributed by atoms with Gasteiger partial charge in [0.15, 0.2) is 0 Å². The summed E-state index contributed by atoms with van der Waals surface area (Å²) in [5.74, 6) is -0.410. The van der Waals surface area contributed by atoms with Crippen LogP contribution in [0.1, 0.15) is 22.3 Å². The van der Waals surface area contributed by atoms with Crippen molar-refractivity contribution in [2.45, 2.75) is 20.4 Å². The van der Waals surface area contributed by atoms with Gasteiger partial charge in [-0.3, -0.25) is 4.79 Å². The summed E-state index contributed by atoms with van der Waals surface area (Å²) < 4.78 is 2.16. The number of hydrogen-bond donors (Lipinski definition) is 1. The number of nitriles is 1. The van der Waals surface area contributed by atoms with Crippen LogP contribution in [-0.4, -0.2) is 10.5 Å². The van der Waals surface area contributed by atoms with E-state index >= 15 is 0 Å². The van der Waals surface area contributed by atoms with E-state index in [0.29, 0.717) is 12.2 Å². The number of benzene rings is 3. The molecule has 1 aromatic heterocycles. The number of nitrogens with one attached hydrogen (secondary N) is 1. The van der Waals surface area contributed by atoms with Crippen LogP contribution in [0.2, 0.25) is 0 Å². The second-order valence-electron chi connectivity index (χ2n) is 7.66. The molecule has 0 aliphatic heterocycles. The Kier molecular flexibility index (Phi) is 5.68. The molecule has 1 heterocycles. The lowest BCUT2D eigenvalue weighted by molar-refractivity contribution is -0.112. The number of aryl methyl sites for hydroxylation is 2. The minimum absolute atomic E-state index is 0.0710. The van der Waals surface area contributed by atoms with Crippen LogP contribution in [0.5, 0.6) is 0 Å². The summed E-state index contributed by atoms with van der Waals surface area (Å²) in [6, 6.07) is 26.0. The van der Waals surface area contributed by atoms with Gasteiger partial charge in [0.05, 0.1) is 0 Å². The van der Waals surface area contributed by atoms with E-state index in [4.69, 9.17) is 0 Å². The van der Waals surface area contributed by atoms with E-state index in [9.17, 15) is 10.1 Å². The molecule has 0 radical (unpaired) electrons. The second kappa shape index (κ2) is 8.73. The summed E-state index contributed by atoms with van der Waals surface area (Å²) in [4.78, 5) is 12.8. The van der Waals surface area contributed by atoms with Gasteiger partial charge in [-0.25, -0.2) is 0 Å². The molecule has 152 valence electrons. The van der Waals surface area contributed by atoms with Gasteiger partial charge in [-0.2, -0.15) is 5.26 Å². The number of amides is 1. The molecule has 0 atom stereocenters. The van der Waals surface area contributed by atoms with Gasteiger partial charge in [0.1, 0.15) is 11.6 Å². The molecular weight excluding hydrogens is 382 g/mol. The first-order chi connectivity index (χ1) is 15.0. The Bertz CT molecular complexity index is 1340. The molecule has 3 aromatic carbocycles. The third kappa shape index (κ3) is 4.41. The summed E-state index contributed by atoms with van der Waals surface area (Å²) >= 11 is 0. The highest BCUT2D eigenvalue weighted by Gasteiger charge is 2.13.